The molecule has 31 heavy (non-hydrogen) atoms. The maximum atomic E-state index is 12.7. The van der Waals surface area contributed by atoms with Crippen LogP contribution in [0.4, 0.5) is 11.5 Å². The second-order valence-corrected chi connectivity index (χ2v) is 9.38. The summed E-state index contributed by atoms with van der Waals surface area (Å²) in [5, 5.41) is 13.9. The Balaban J connectivity index is 2.08. The van der Waals surface area contributed by atoms with Gasteiger partial charge in [0.1, 0.15) is 5.82 Å². The van der Waals surface area contributed by atoms with Gasteiger partial charge in [0.05, 0.1) is 22.1 Å². The Morgan fingerprint density at radius 2 is 2.19 bits per heavy atom. The van der Waals surface area contributed by atoms with E-state index >= 15 is 0 Å². The van der Waals surface area contributed by atoms with Crippen LogP contribution in [-0.2, 0) is 16.4 Å². The van der Waals surface area contributed by atoms with Gasteiger partial charge in [0.2, 0.25) is 0 Å². The number of benzene rings is 1. The fraction of sp³-hybridized carbons (Fsp3) is 0.304. The Labute approximate surface area is 183 Å². The first-order valence-corrected chi connectivity index (χ1v) is 11.8. The molecule has 0 aliphatic carbocycles. The van der Waals surface area contributed by atoms with E-state index in [1.807, 2.05) is 23.1 Å². The Morgan fingerprint density at radius 1 is 1.42 bits per heavy atom. The number of fused-ring (bicyclic) bond motifs is 1. The van der Waals surface area contributed by atoms with Crippen molar-refractivity contribution in [3.8, 4) is 6.07 Å². The quantitative estimate of drug-likeness (QED) is 0.517. The number of anilines is 2. The minimum absolute atomic E-state index is 0.0130. The predicted molar refractivity (Wildman–Crippen MR) is 125 cm³/mol. The summed E-state index contributed by atoms with van der Waals surface area (Å²) in [6.07, 6.45) is 4.27. The Hall–Kier alpha value is -3.15. The second-order valence-electron chi connectivity index (χ2n) is 7.31. The number of allylic oxidation sites excluding steroid dienone is 2. The molecule has 2 aromatic rings. The summed E-state index contributed by atoms with van der Waals surface area (Å²) in [6.45, 7) is 7.88. The van der Waals surface area contributed by atoms with Crippen LogP contribution in [0.1, 0.15) is 18.9 Å². The van der Waals surface area contributed by atoms with Crippen molar-refractivity contribution in [2.45, 2.75) is 24.8 Å². The number of pyridine rings is 1. The maximum Gasteiger partial charge on any atom is 0.180 e. The summed E-state index contributed by atoms with van der Waals surface area (Å²) in [6, 6.07) is 11.1. The number of nitrogens with one attached hydrogen (secondary N) is 1. The van der Waals surface area contributed by atoms with E-state index in [9.17, 15) is 13.7 Å². The van der Waals surface area contributed by atoms with Crippen LogP contribution in [0.15, 0.2) is 46.9 Å². The molecule has 3 rings (SSSR count). The SMILES string of the molecule is C=c1nc(N2CCS(=O)(=O)c3ccccc3C2)cc(NCCCN)/c1=C/C(C#N)=C\C. The highest BCUT2D eigenvalue weighted by Crippen LogP contribution is 2.25. The van der Waals surface area contributed by atoms with Gasteiger partial charge in [-0.3, -0.25) is 0 Å². The number of hydrogen-bond acceptors (Lipinski definition) is 7. The molecule has 1 aliphatic heterocycles. The number of hydrogen-bond donors (Lipinski definition) is 2. The van der Waals surface area contributed by atoms with Crippen LogP contribution in [0, 0.1) is 11.3 Å². The van der Waals surface area contributed by atoms with Gasteiger partial charge in [-0.25, -0.2) is 13.4 Å². The van der Waals surface area contributed by atoms with Gasteiger partial charge in [0, 0.05) is 42.2 Å². The largest absolute Gasteiger partial charge is 0.384 e. The van der Waals surface area contributed by atoms with Crippen LogP contribution in [0.2, 0.25) is 0 Å². The number of nitrogens with two attached hydrogens (primary N) is 1. The van der Waals surface area contributed by atoms with E-state index in [1.54, 1.807) is 31.2 Å². The van der Waals surface area contributed by atoms with Crippen molar-refractivity contribution in [1.29, 1.82) is 5.26 Å². The van der Waals surface area contributed by atoms with Gasteiger partial charge < -0.3 is 16.0 Å². The van der Waals surface area contributed by atoms with E-state index in [1.165, 1.54) is 0 Å². The lowest BCUT2D eigenvalue weighted by molar-refractivity contribution is 0.596. The zero-order chi connectivity index (χ0) is 22.4. The molecular formula is C23H27N5O2S. The van der Waals surface area contributed by atoms with Gasteiger partial charge >= 0.3 is 0 Å². The first kappa shape index (κ1) is 22.5. The zero-order valence-corrected chi connectivity index (χ0v) is 18.5. The molecule has 8 heteroatoms. The van der Waals surface area contributed by atoms with Gasteiger partial charge in [-0.05, 0) is 37.6 Å². The summed E-state index contributed by atoms with van der Waals surface area (Å²) >= 11 is 0. The van der Waals surface area contributed by atoms with Crippen LogP contribution in [0.25, 0.3) is 12.7 Å². The normalized spacial score (nSPS) is 16.4. The van der Waals surface area contributed by atoms with E-state index in [0.717, 1.165) is 22.9 Å². The molecule has 0 bridgehead atoms. The lowest BCUT2D eigenvalue weighted by Gasteiger charge is -2.22. The summed E-state index contributed by atoms with van der Waals surface area (Å²) in [5.74, 6) is 0.655. The fourth-order valence-corrected chi connectivity index (χ4v) is 4.98. The highest BCUT2D eigenvalue weighted by molar-refractivity contribution is 7.91. The molecule has 1 aromatic carbocycles. The molecule has 0 spiro atoms. The van der Waals surface area contributed by atoms with E-state index in [0.29, 0.717) is 47.8 Å². The van der Waals surface area contributed by atoms with Crippen molar-refractivity contribution in [2.75, 3.05) is 35.6 Å². The van der Waals surface area contributed by atoms with Crippen LogP contribution in [0.5, 0.6) is 0 Å². The van der Waals surface area contributed by atoms with Crippen molar-refractivity contribution in [3.63, 3.8) is 0 Å². The first-order chi connectivity index (χ1) is 14.9. The maximum absolute atomic E-state index is 12.7. The monoisotopic (exact) mass is 437 g/mol. The molecule has 1 aromatic heterocycles. The minimum Gasteiger partial charge on any atom is -0.384 e. The molecule has 162 valence electrons. The molecule has 0 atom stereocenters. The molecule has 2 heterocycles. The fourth-order valence-electron chi connectivity index (χ4n) is 3.48. The molecule has 1 aliphatic rings. The standard InChI is InChI=1S/C23H27N5O2S/c1-3-18(15-25)13-20-17(2)27-23(14-21(20)26-10-6-9-24)28-11-12-31(29,30)22-8-5-4-7-19(22)16-28/h3-5,7-8,13-14,26H,2,6,9-12,16,24H2,1H3/b18-3+,20-13+. The zero-order valence-electron chi connectivity index (χ0n) is 17.6. The second kappa shape index (κ2) is 9.77. The highest BCUT2D eigenvalue weighted by Gasteiger charge is 2.26. The van der Waals surface area contributed by atoms with Crippen LogP contribution < -0.4 is 26.5 Å². The Bertz CT molecular complexity index is 1250. The first-order valence-electron chi connectivity index (χ1n) is 10.2. The van der Waals surface area contributed by atoms with Crippen molar-refractivity contribution in [3.05, 3.63) is 58.1 Å². The lowest BCUT2D eigenvalue weighted by atomic mass is 10.1. The van der Waals surface area contributed by atoms with E-state index in [2.05, 4.69) is 22.9 Å². The molecule has 3 N–H and O–H groups in total. The average Bonchev–Trinajstić information content (AvgIpc) is 2.89. The molecule has 0 amide bonds. The van der Waals surface area contributed by atoms with Gasteiger partial charge in [-0.15, -0.1) is 0 Å². The summed E-state index contributed by atoms with van der Waals surface area (Å²) in [4.78, 5) is 6.99. The summed E-state index contributed by atoms with van der Waals surface area (Å²) in [7, 11) is -3.35. The van der Waals surface area contributed by atoms with E-state index in [4.69, 9.17) is 5.73 Å². The number of aromatic nitrogens is 1. The summed E-state index contributed by atoms with van der Waals surface area (Å²) in [5.41, 5.74) is 7.68. The van der Waals surface area contributed by atoms with Gasteiger partial charge in [-0.1, -0.05) is 30.9 Å². The summed E-state index contributed by atoms with van der Waals surface area (Å²) < 4.78 is 25.4. The van der Waals surface area contributed by atoms with Crippen molar-refractivity contribution in [2.24, 2.45) is 5.73 Å². The molecular weight excluding hydrogens is 410 g/mol. The minimum atomic E-state index is -3.35. The Kier molecular flexibility index (Phi) is 7.10. The van der Waals surface area contributed by atoms with Gasteiger partial charge in [0.25, 0.3) is 0 Å². The van der Waals surface area contributed by atoms with E-state index < -0.39 is 9.84 Å². The Morgan fingerprint density at radius 3 is 2.90 bits per heavy atom. The molecule has 0 fully saturated rings. The van der Waals surface area contributed by atoms with Crippen molar-refractivity contribution < 1.29 is 8.42 Å². The third-order valence-corrected chi connectivity index (χ3v) is 6.97. The number of sulfone groups is 1. The van der Waals surface area contributed by atoms with Gasteiger partial charge in [0.15, 0.2) is 9.84 Å². The van der Waals surface area contributed by atoms with Crippen LogP contribution in [0.3, 0.4) is 0 Å². The van der Waals surface area contributed by atoms with Gasteiger partial charge in [-0.2, -0.15) is 5.26 Å². The predicted octanol–water partition coefficient (Wildman–Crippen LogP) is 1.30. The number of rotatable bonds is 6. The number of nitrogens with zero attached hydrogens (tertiary/aromatic N) is 3. The highest BCUT2D eigenvalue weighted by atomic mass is 32.2. The molecule has 0 saturated heterocycles. The number of nitriles is 1. The van der Waals surface area contributed by atoms with E-state index in [-0.39, 0.29) is 5.75 Å². The van der Waals surface area contributed by atoms with Crippen molar-refractivity contribution >= 4 is 34.0 Å². The van der Waals surface area contributed by atoms with Crippen molar-refractivity contribution in [1.82, 2.24) is 4.98 Å². The lowest BCUT2D eigenvalue weighted by Crippen LogP contribution is -2.35. The smallest absolute Gasteiger partial charge is 0.180 e. The molecule has 0 radical (unpaired) electrons. The third kappa shape index (κ3) is 5.13. The molecule has 0 unspecified atom stereocenters. The van der Waals surface area contributed by atoms with Crippen LogP contribution >= 0.6 is 0 Å². The third-order valence-electron chi connectivity index (χ3n) is 5.18. The topological polar surface area (TPSA) is 112 Å². The molecule has 0 saturated carbocycles. The van der Waals surface area contributed by atoms with Crippen LogP contribution in [-0.4, -0.2) is 38.8 Å². The average molecular weight is 438 g/mol. The molecule has 7 nitrogen and oxygen atoms in total.